The van der Waals surface area contributed by atoms with E-state index in [2.05, 4.69) is 36.8 Å². The monoisotopic (exact) mass is 176 g/mol. The Kier molecular flexibility index (Phi) is 3.62. The fourth-order valence-corrected chi connectivity index (χ4v) is 1.10. The second-order valence-corrected chi connectivity index (χ2v) is 3.55. The molecular formula is C11H16N2. The van der Waals surface area contributed by atoms with Gasteiger partial charge in [-0.15, -0.1) is 0 Å². The number of rotatable bonds is 3. The number of hydrogen-bond acceptors (Lipinski definition) is 2. The van der Waals surface area contributed by atoms with E-state index in [9.17, 15) is 0 Å². The lowest BCUT2D eigenvalue weighted by molar-refractivity contribution is 0.739. The molecule has 1 aromatic rings. The SMILES string of the molecule is CC(C)=CCC(C)c1cnccn1. The highest BCUT2D eigenvalue weighted by Gasteiger charge is 2.03. The normalized spacial score (nSPS) is 12.2. The van der Waals surface area contributed by atoms with Crippen LogP contribution in [-0.2, 0) is 0 Å². The second kappa shape index (κ2) is 4.75. The maximum atomic E-state index is 4.26. The lowest BCUT2D eigenvalue weighted by atomic mass is 10.0. The van der Waals surface area contributed by atoms with Crippen molar-refractivity contribution in [3.63, 3.8) is 0 Å². The van der Waals surface area contributed by atoms with Gasteiger partial charge >= 0.3 is 0 Å². The van der Waals surface area contributed by atoms with E-state index >= 15 is 0 Å². The molecule has 0 saturated heterocycles. The number of hydrogen-bond donors (Lipinski definition) is 0. The van der Waals surface area contributed by atoms with E-state index in [4.69, 9.17) is 0 Å². The first-order valence-corrected chi connectivity index (χ1v) is 4.59. The topological polar surface area (TPSA) is 25.8 Å². The van der Waals surface area contributed by atoms with Crippen molar-refractivity contribution >= 4 is 0 Å². The molecule has 0 aromatic carbocycles. The first-order chi connectivity index (χ1) is 6.20. The zero-order valence-corrected chi connectivity index (χ0v) is 8.49. The van der Waals surface area contributed by atoms with E-state index in [1.165, 1.54) is 5.57 Å². The highest BCUT2D eigenvalue weighted by molar-refractivity contribution is 5.05. The minimum Gasteiger partial charge on any atom is -0.261 e. The molecule has 0 radical (unpaired) electrons. The third-order valence-electron chi connectivity index (χ3n) is 1.97. The summed E-state index contributed by atoms with van der Waals surface area (Å²) in [6.45, 7) is 6.40. The Balaban J connectivity index is 2.59. The third kappa shape index (κ3) is 3.36. The molecule has 1 atom stereocenters. The summed E-state index contributed by atoms with van der Waals surface area (Å²) in [6, 6.07) is 0. The minimum atomic E-state index is 0.462. The van der Waals surface area contributed by atoms with Gasteiger partial charge in [0.05, 0.1) is 5.69 Å². The van der Waals surface area contributed by atoms with Crippen LogP contribution < -0.4 is 0 Å². The van der Waals surface area contributed by atoms with Gasteiger partial charge in [-0.2, -0.15) is 0 Å². The van der Waals surface area contributed by atoms with Gasteiger partial charge < -0.3 is 0 Å². The lowest BCUT2D eigenvalue weighted by Crippen LogP contribution is -1.95. The van der Waals surface area contributed by atoms with E-state index in [1.807, 2.05) is 6.20 Å². The maximum absolute atomic E-state index is 4.26. The molecule has 70 valence electrons. The fraction of sp³-hybridized carbons (Fsp3) is 0.455. The van der Waals surface area contributed by atoms with Crippen molar-refractivity contribution < 1.29 is 0 Å². The van der Waals surface area contributed by atoms with Gasteiger partial charge in [-0.3, -0.25) is 9.97 Å². The summed E-state index contributed by atoms with van der Waals surface area (Å²) >= 11 is 0. The quantitative estimate of drug-likeness (QED) is 0.662. The zero-order chi connectivity index (χ0) is 9.68. The summed E-state index contributed by atoms with van der Waals surface area (Å²) in [5.74, 6) is 0.462. The lowest BCUT2D eigenvalue weighted by Gasteiger charge is -2.06. The molecule has 0 fully saturated rings. The van der Waals surface area contributed by atoms with Crippen molar-refractivity contribution in [3.05, 3.63) is 35.9 Å². The maximum Gasteiger partial charge on any atom is 0.0617 e. The summed E-state index contributed by atoms with van der Waals surface area (Å²) in [6.07, 6.45) is 8.56. The van der Waals surface area contributed by atoms with Gasteiger partial charge in [-0.25, -0.2) is 0 Å². The van der Waals surface area contributed by atoms with E-state index in [0.29, 0.717) is 5.92 Å². The average Bonchev–Trinajstić information content (AvgIpc) is 2.15. The Labute approximate surface area is 79.7 Å². The Bertz CT molecular complexity index is 273. The number of allylic oxidation sites excluding steroid dienone is 2. The van der Waals surface area contributed by atoms with Crippen molar-refractivity contribution in [1.82, 2.24) is 9.97 Å². The van der Waals surface area contributed by atoms with Gasteiger partial charge in [-0.05, 0) is 20.3 Å². The van der Waals surface area contributed by atoms with Crippen LogP contribution in [0.5, 0.6) is 0 Å². The van der Waals surface area contributed by atoms with Gasteiger partial charge in [0, 0.05) is 24.5 Å². The van der Waals surface area contributed by atoms with Crippen LogP contribution in [0.1, 0.15) is 38.8 Å². The van der Waals surface area contributed by atoms with Crippen molar-refractivity contribution in [2.45, 2.75) is 33.1 Å². The van der Waals surface area contributed by atoms with Crippen molar-refractivity contribution in [1.29, 1.82) is 0 Å². The Morgan fingerprint density at radius 2 is 2.23 bits per heavy atom. The van der Waals surface area contributed by atoms with Gasteiger partial charge in [0.15, 0.2) is 0 Å². The Hall–Kier alpha value is -1.18. The van der Waals surface area contributed by atoms with Gasteiger partial charge in [0.1, 0.15) is 0 Å². The van der Waals surface area contributed by atoms with Crippen LogP contribution in [0.3, 0.4) is 0 Å². The molecule has 13 heavy (non-hydrogen) atoms. The number of aromatic nitrogens is 2. The highest BCUT2D eigenvalue weighted by atomic mass is 14.8. The van der Waals surface area contributed by atoms with Crippen molar-refractivity contribution in [2.75, 3.05) is 0 Å². The molecule has 1 heterocycles. The summed E-state index contributed by atoms with van der Waals surface area (Å²) in [5, 5.41) is 0. The minimum absolute atomic E-state index is 0.462. The summed E-state index contributed by atoms with van der Waals surface area (Å²) < 4.78 is 0. The molecule has 0 N–H and O–H groups in total. The number of nitrogens with zero attached hydrogens (tertiary/aromatic N) is 2. The molecule has 1 unspecified atom stereocenters. The van der Waals surface area contributed by atoms with Crippen LogP contribution in [0.25, 0.3) is 0 Å². The predicted octanol–water partition coefficient (Wildman–Crippen LogP) is 2.94. The summed E-state index contributed by atoms with van der Waals surface area (Å²) in [4.78, 5) is 8.31. The molecule has 2 nitrogen and oxygen atoms in total. The predicted molar refractivity (Wildman–Crippen MR) is 54.5 cm³/mol. The first kappa shape index (κ1) is 9.90. The van der Waals surface area contributed by atoms with Crippen LogP contribution in [0, 0.1) is 0 Å². The van der Waals surface area contributed by atoms with Crippen LogP contribution in [0.4, 0.5) is 0 Å². The van der Waals surface area contributed by atoms with Gasteiger partial charge in [-0.1, -0.05) is 18.6 Å². The molecule has 0 amide bonds. The van der Waals surface area contributed by atoms with Gasteiger partial charge in [0.2, 0.25) is 0 Å². The largest absolute Gasteiger partial charge is 0.261 e. The van der Waals surface area contributed by atoms with E-state index in [0.717, 1.165) is 12.1 Å². The molecule has 1 aromatic heterocycles. The molecule has 1 rings (SSSR count). The molecule has 2 heteroatoms. The third-order valence-corrected chi connectivity index (χ3v) is 1.97. The standard InChI is InChI=1S/C11H16N2/c1-9(2)4-5-10(3)11-8-12-6-7-13-11/h4,6-8,10H,5H2,1-3H3. The molecule has 0 spiro atoms. The van der Waals surface area contributed by atoms with E-state index in [1.54, 1.807) is 12.4 Å². The van der Waals surface area contributed by atoms with Crippen LogP contribution in [0.2, 0.25) is 0 Å². The molecule has 0 aliphatic heterocycles. The van der Waals surface area contributed by atoms with Crippen LogP contribution >= 0.6 is 0 Å². The van der Waals surface area contributed by atoms with Crippen molar-refractivity contribution in [2.24, 2.45) is 0 Å². The molecule has 0 saturated carbocycles. The summed E-state index contributed by atoms with van der Waals surface area (Å²) in [5.41, 5.74) is 2.43. The summed E-state index contributed by atoms with van der Waals surface area (Å²) in [7, 11) is 0. The molecule has 0 aliphatic carbocycles. The highest BCUT2D eigenvalue weighted by Crippen LogP contribution is 2.16. The van der Waals surface area contributed by atoms with E-state index in [-0.39, 0.29) is 0 Å². The van der Waals surface area contributed by atoms with Crippen LogP contribution in [0.15, 0.2) is 30.2 Å². The van der Waals surface area contributed by atoms with Gasteiger partial charge in [0.25, 0.3) is 0 Å². The average molecular weight is 176 g/mol. The molecule has 0 aliphatic rings. The Morgan fingerprint density at radius 3 is 2.77 bits per heavy atom. The fourth-order valence-electron chi connectivity index (χ4n) is 1.10. The second-order valence-electron chi connectivity index (χ2n) is 3.55. The van der Waals surface area contributed by atoms with E-state index < -0.39 is 0 Å². The zero-order valence-electron chi connectivity index (χ0n) is 8.49. The first-order valence-electron chi connectivity index (χ1n) is 4.59. The molecule has 0 bridgehead atoms. The van der Waals surface area contributed by atoms with Crippen molar-refractivity contribution in [3.8, 4) is 0 Å². The Morgan fingerprint density at radius 1 is 1.46 bits per heavy atom. The van der Waals surface area contributed by atoms with Crippen LogP contribution in [-0.4, -0.2) is 9.97 Å². The smallest absolute Gasteiger partial charge is 0.0617 e. The molecular weight excluding hydrogens is 160 g/mol.